The predicted octanol–water partition coefficient (Wildman–Crippen LogP) is 1.11. The zero-order chi connectivity index (χ0) is 13.1. The maximum Gasteiger partial charge on any atom is 0.233 e. The van der Waals surface area contributed by atoms with Gasteiger partial charge in [0.25, 0.3) is 0 Å². The van der Waals surface area contributed by atoms with E-state index < -0.39 is 5.92 Å². The quantitative estimate of drug-likeness (QED) is 0.344. The number of carbonyl (C=O) groups is 1. The molecule has 0 aromatic carbocycles. The molecule has 1 fully saturated rings. The van der Waals surface area contributed by atoms with E-state index in [1.807, 2.05) is 23.6 Å². The number of thioether (sulfide) groups is 1. The molecule has 0 spiro atoms. The number of nitrogens with zero attached hydrogens (tertiary/aromatic N) is 2. The molecule has 0 aliphatic carbocycles. The van der Waals surface area contributed by atoms with E-state index in [-0.39, 0.29) is 16.5 Å². The van der Waals surface area contributed by atoms with Crippen molar-refractivity contribution < 1.29 is 10.0 Å². The standard InChI is InChI=1S/C11H21N3O2S/c1-4-8(9(12)13-16)10(15)14-5-6-17-11(2,3)7-14/h8,16H,4-7H2,1-3H3,(H2,12,13). The van der Waals surface area contributed by atoms with Gasteiger partial charge in [0.15, 0.2) is 5.84 Å². The highest BCUT2D eigenvalue weighted by atomic mass is 32.2. The van der Waals surface area contributed by atoms with Gasteiger partial charge in [0.2, 0.25) is 5.91 Å². The highest BCUT2D eigenvalue weighted by Gasteiger charge is 2.33. The number of hydrogen-bond acceptors (Lipinski definition) is 4. The van der Waals surface area contributed by atoms with E-state index in [1.165, 1.54) is 0 Å². The van der Waals surface area contributed by atoms with Crippen LogP contribution in [0.4, 0.5) is 0 Å². The maximum atomic E-state index is 12.3. The number of oxime groups is 1. The monoisotopic (exact) mass is 259 g/mol. The maximum absolute atomic E-state index is 12.3. The van der Waals surface area contributed by atoms with Crippen LogP contribution < -0.4 is 5.73 Å². The van der Waals surface area contributed by atoms with Gasteiger partial charge in [0, 0.05) is 23.6 Å². The Bertz CT molecular complexity index is 318. The minimum atomic E-state index is -0.501. The van der Waals surface area contributed by atoms with Gasteiger partial charge in [-0.25, -0.2) is 0 Å². The molecule has 5 nitrogen and oxygen atoms in total. The van der Waals surface area contributed by atoms with Crippen LogP contribution in [-0.4, -0.2) is 45.4 Å². The molecule has 1 saturated heterocycles. The third kappa shape index (κ3) is 3.52. The molecule has 0 aromatic rings. The van der Waals surface area contributed by atoms with Gasteiger partial charge >= 0.3 is 0 Å². The summed E-state index contributed by atoms with van der Waals surface area (Å²) in [6.45, 7) is 7.57. The van der Waals surface area contributed by atoms with Crippen LogP contribution in [-0.2, 0) is 4.79 Å². The summed E-state index contributed by atoms with van der Waals surface area (Å²) in [5.41, 5.74) is 5.55. The fourth-order valence-electron chi connectivity index (χ4n) is 2.00. The first kappa shape index (κ1) is 14.2. The molecule has 1 heterocycles. The van der Waals surface area contributed by atoms with Gasteiger partial charge in [-0.05, 0) is 20.3 Å². The van der Waals surface area contributed by atoms with Crippen LogP contribution in [0.25, 0.3) is 0 Å². The average Bonchev–Trinajstić information content (AvgIpc) is 2.28. The van der Waals surface area contributed by atoms with E-state index in [9.17, 15) is 4.79 Å². The molecule has 1 aliphatic rings. The molecule has 0 aromatic heterocycles. The van der Waals surface area contributed by atoms with Crippen LogP contribution in [0.2, 0.25) is 0 Å². The summed E-state index contributed by atoms with van der Waals surface area (Å²) < 4.78 is 0.0807. The minimum absolute atomic E-state index is 0.00790. The fourth-order valence-corrected chi connectivity index (χ4v) is 3.12. The minimum Gasteiger partial charge on any atom is -0.409 e. The lowest BCUT2D eigenvalue weighted by Crippen LogP contribution is -2.50. The van der Waals surface area contributed by atoms with Crippen molar-refractivity contribution in [3.8, 4) is 0 Å². The number of hydrogen-bond donors (Lipinski definition) is 2. The fraction of sp³-hybridized carbons (Fsp3) is 0.818. The summed E-state index contributed by atoms with van der Waals surface area (Å²) in [6.07, 6.45) is 0.554. The van der Waals surface area contributed by atoms with Gasteiger partial charge in [-0.3, -0.25) is 4.79 Å². The zero-order valence-corrected chi connectivity index (χ0v) is 11.5. The molecule has 98 valence electrons. The first-order valence-corrected chi connectivity index (χ1v) is 6.80. The molecule has 17 heavy (non-hydrogen) atoms. The van der Waals surface area contributed by atoms with Crippen molar-refractivity contribution in [3.05, 3.63) is 0 Å². The molecule has 1 amide bonds. The number of nitrogens with two attached hydrogens (primary N) is 1. The van der Waals surface area contributed by atoms with E-state index in [2.05, 4.69) is 19.0 Å². The van der Waals surface area contributed by atoms with Crippen LogP contribution in [0.1, 0.15) is 27.2 Å². The molecule has 0 saturated carbocycles. The Labute approximate surface area is 106 Å². The van der Waals surface area contributed by atoms with Crippen LogP contribution in [0.15, 0.2) is 5.16 Å². The first-order valence-electron chi connectivity index (χ1n) is 5.81. The lowest BCUT2D eigenvalue weighted by molar-refractivity contribution is -0.133. The second-order valence-electron chi connectivity index (χ2n) is 4.85. The number of rotatable bonds is 3. The lowest BCUT2D eigenvalue weighted by Gasteiger charge is -2.38. The van der Waals surface area contributed by atoms with E-state index in [0.717, 1.165) is 12.3 Å². The molecule has 6 heteroatoms. The van der Waals surface area contributed by atoms with Crippen molar-refractivity contribution in [2.75, 3.05) is 18.8 Å². The Balaban J connectivity index is 2.74. The van der Waals surface area contributed by atoms with Gasteiger partial charge in [-0.15, -0.1) is 0 Å². The normalized spacial score (nSPS) is 22.3. The Morgan fingerprint density at radius 1 is 1.65 bits per heavy atom. The lowest BCUT2D eigenvalue weighted by atomic mass is 10.0. The topological polar surface area (TPSA) is 78.9 Å². The Kier molecular flexibility index (Phi) is 4.68. The third-order valence-corrected chi connectivity index (χ3v) is 4.21. The molecule has 1 aliphatic heterocycles. The molecule has 3 N–H and O–H groups in total. The summed E-state index contributed by atoms with van der Waals surface area (Å²) in [5.74, 6) is 0.411. The summed E-state index contributed by atoms with van der Waals surface area (Å²) in [4.78, 5) is 14.1. The highest BCUT2D eigenvalue weighted by molar-refractivity contribution is 8.00. The van der Waals surface area contributed by atoms with Gasteiger partial charge < -0.3 is 15.8 Å². The molecular formula is C11H21N3O2S. The molecule has 1 unspecified atom stereocenters. The predicted molar refractivity (Wildman–Crippen MR) is 70.3 cm³/mol. The number of carbonyl (C=O) groups excluding carboxylic acids is 1. The van der Waals surface area contributed by atoms with Gasteiger partial charge in [-0.2, -0.15) is 11.8 Å². The van der Waals surface area contributed by atoms with Crippen LogP contribution in [0.5, 0.6) is 0 Å². The van der Waals surface area contributed by atoms with Crippen molar-refractivity contribution in [3.63, 3.8) is 0 Å². The zero-order valence-electron chi connectivity index (χ0n) is 10.6. The van der Waals surface area contributed by atoms with Crippen molar-refractivity contribution in [2.45, 2.75) is 31.9 Å². The van der Waals surface area contributed by atoms with Gasteiger partial charge in [-0.1, -0.05) is 12.1 Å². The summed E-state index contributed by atoms with van der Waals surface area (Å²) in [5, 5.41) is 11.6. The van der Waals surface area contributed by atoms with Gasteiger partial charge in [0.1, 0.15) is 0 Å². The molecule has 0 radical (unpaired) electrons. The molecule has 1 rings (SSSR count). The summed E-state index contributed by atoms with van der Waals surface area (Å²) in [7, 11) is 0. The van der Waals surface area contributed by atoms with Gasteiger partial charge in [0.05, 0.1) is 5.92 Å². The summed E-state index contributed by atoms with van der Waals surface area (Å²) in [6, 6.07) is 0. The van der Waals surface area contributed by atoms with Crippen LogP contribution in [0, 0.1) is 5.92 Å². The Hall–Kier alpha value is -0.910. The number of amides is 1. The Morgan fingerprint density at radius 3 is 2.76 bits per heavy atom. The number of amidine groups is 1. The second-order valence-corrected chi connectivity index (χ2v) is 6.66. The largest absolute Gasteiger partial charge is 0.409 e. The van der Waals surface area contributed by atoms with Crippen LogP contribution >= 0.6 is 11.8 Å². The summed E-state index contributed by atoms with van der Waals surface area (Å²) >= 11 is 1.87. The molecule has 0 bridgehead atoms. The molecule has 1 atom stereocenters. The smallest absolute Gasteiger partial charge is 0.233 e. The van der Waals surface area contributed by atoms with Crippen LogP contribution in [0.3, 0.4) is 0 Å². The van der Waals surface area contributed by atoms with E-state index in [1.54, 1.807) is 0 Å². The van der Waals surface area contributed by atoms with Crippen molar-refractivity contribution in [1.82, 2.24) is 4.90 Å². The highest BCUT2D eigenvalue weighted by Crippen LogP contribution is 2.30. The van der Waals surface area contributed by atoms with Crippen molar-refractivity contribution >= 4 is 23.5 Å². The molecular weight excluding hydrogens is 238 g/mol. The Morgan fingerprint density at radius 2 is 2.29 bits per heavy atom. The SMILES string of the molecule is CCC(C(=O)N1CCSC(C)(C)C1)C(N)=NO. The van der Waals surface area contributed by atoms with E-state index in [4.69, 9.17) is 10.9 Å². The third-order valence-electron chi connectivity index (χ3n) is 2.92. The second kappa shape index (κ2) is 5.62. The van der Waals surface area contributed by atoms with E-state index in [0.29, 0.717) is 13.0 Å². The van der Waals surface area contributed by atoms with E-state index >= 15 is 0 Å². The van der Waals surface area contributed by atoms with Crippen molar-refractivity contribution in [1.29, 1.82) is 0 Å². The van der Waals surface area contributed by atoms with Crippen molar-refractivity contribution in [2.24, 2.45) is 16.8 Å². The first-order chi connectivity index (χ1) is 7.91. The average molecular weight is 259 g/mol.